The van der Waals surface area contributed by atoms with Crippen molar-refractivity contribution in [2.75, 3.05) is 30.3 Å². The molecule has 1 aromatic carbocycles. The number of piperidine rings is 1. The maximum atomic E-state index is 12.4. The van der Waals surface area contributed by atoms with Gasteiger partial charge in [-0.05, 0) is 74.5 Å². The number of β-amino-alcohol motifs (C(OH)–C–C–N with tert-alkyl or cyclic N) is 1. The van der Waals surface area contributed by atoms with E-state index in [0.29, 0.717) is 23.3 Å². The van der Waals surface area contributed by atoms with Crippen LogP contribution in [0.3, 0.4) is 0 Å². The standard InChI is InChI=1S/C23H26N8O2S/c1-15-12-20(28-27-15)25-22-19-5-3-11-31(19)29-23(26-22)34-18-8-6-16(7-9-18)24-21(33)14-30-10-2-4-17(32)13-30/h3,5-9,11-12,17,32H,2,4,10,13-14H2,1H3,(H,24,33)(H2,25,26,27,28,29)/t17-/m0/s1. The summed E-state index contributed by atoms with van der Waals surface area (Å²) in [6, 6.07) is 13.4. The minimum atomic E-state index is -0.343. The summed E-state index contributed by atoms with van der Waals surface area (Å²) >= 11 is 1.43. The zero-order valence-electron chi connectivity index (χ0n) is 18.7. The van der Waals surface area contributed by atoms with Crippen LogP contribution in [0.2, 0.25) is 0 Å². The van der Waals surface area contributed by atoms with Crippen LogP contribution in [0.25, 0.3) is 5.52 Å². The fourth-order valence-electron chi connectivity index (χ4n) is 3.94. The van der Waals surface area contributed by atoms with E-state index in [9.17, 15) is 9.90 Å². The first kappa shape index (κ1) is 22.4. The van der Waals surface area contributed by atoms with Gasteiger partial charge in [0.15, 0.2) is 11.6 Å². The number of nitrogens with zero attached hydrogens (tertiary/aromatic N) is 5. The minimum absolute atomic E-state index is 0.0831. The van der Waals surface area contributed by atoms with E-state index in [1.807, 2.05) is 60.5 Å². The lowest BCUT2D eigenvalue weighted by Gasteiger charge is -2.29. The Morgan fingerprint density at radius 2 is 2.15 bits per heavy atom. The van der Waals surface area contributed by atoms with Crippen LogP contribution in [0.5, 0.6) is 0 Å². The first-order chi connectivity index (χ1) is 16.5. The van der Waals surface area contributed by atoms with Crippen LogP contribution in [0.1, 0.15) is 18.5 Å². The van der Waals surface area contributed by atoms with Gasteiger partial charge < -0.3 is 15.7 Å². The van der Waals surface area contributed by atoms with E-state index in [1.54, 1.807) is 4.52 Å². The highest BCUT2D eigenvalue weighted by molar-refractivity contribution is 7.99. The number of aromatic amines is 1. The summed E-state index contributed by atoms with van der Waals surface area (Å²) in [6.45, 7) is 3.60. The molecule has 0 unspecified atom stereocenters. The number of H-pyrrole nitrogens is 1. The summed E-state index contributed by atoms with van der Waals surface area (Å²) in [6.07, 6.45) is 3.25. The van der Waals surface area contributed by atoms with Gasteiger partial charge in [-0.15, -0.1) is 5.10 Å². The van der Waals surface area contributed by atoms with Gasteiger partial charge in [0.1, 0.15) is 5.52 Å². The monoisotopic (exact) mass is 478 g/mol. The quantitative estimate of drug-likeness (QED) is 0.320. The van der Waals surface area contributed by atoms with Crippen molar-refractivity contribution in [2.45, 2.75) is 35.9 Å². The molecule has 5 rings (SSSR count). The molecule has 1 atom stereocenters. The third-order valence-electron chi connectivity index (χ3n) is 5.52. The predicted molar refractivity (Wildman–Crippen MR) is 130 cm³/mol. The number of rotatable bonds is 7. The van der Waals surface area contributed by atoms with Crippen LogP contribution in [-0.4, -0.2) is 66.4 Å². The Morgan fingerprint density at radius 1 is 1.29 bits per heavy atom. The van der Waals surface area contributed by atoms with Crippen molar-refractivity contribution in [2.24, 2.45) is 0 Å². The number of hydrogen-bond donors (Lipinski definition) is 4. The molecular weight excluding hydrogens is 452 g/mol. The number of fused-ring (bicyclic) bond motifs is 1. The molecule has 3 aromatic heterocycles. The molecular formula is C23H26N8O2S. The number of carbonyl (C=O) groups excluding carboxylic acids is 1. The zero-order chi connectivity index (χ0) is 23.5. The Morgan fingerprint density at radius 3 is 2.91 bits per heavy atom. The van der Waals surface area contributed by atoms with Gasteiger partial charge in [-0.1, -0.05) is 0 Å². The summed E-state index contributed by atoms with van der Waals surface area (Å²) < 4.78 is 1.78. The fraction of sp³-hybridized carbons (Fsp3) is 0.304. The van der Waals surface area contributed by atoms with Crippen molar-refractivity contribution >= 4 is 40.5 Å². The number of anilines is 3. The molecule has 0 bridgehead atoms. The summed E-state index contributed by atoms with van der Waals surface area (Å²) in [5, 5.41) is 28.3. The number of benzene rings is 1. The lowest BCUT2D eigenvalue weighted by atomic mass is 10.1. The number of nitrogens with one attached hydrogen (secondary N) is 3. The number of aliphatic hydroxyl groups is 1. The second kappa shape index (κ2) is 9.84. The van der Waals surface area contributed by atoms with Crippen molar-refractivity contribution in [1.82, 2.24) is 29.7 Å². The van der Waals surface area contributed by atoms with Crippen LogP contribution < -0.4 is 10.6 Å². The van der Waals surface area contributed by atoms with Gasteiger partial charge in [-0.25, -0.2) is 9.50 Å². The van der Waals surface area contributed by atoms with Gasteiger partial charge in [-0.2, -0.15) is 5.10 Å². The predicted octanol–water partition coefficient (Wildman–Crippen LogP) is 3.05. The minimum Gasteiger partial charge on any atom is -0.392 e. The van der Waals surface area contributed by atoms with E-state index in [4.69, 9.17) is 0 Å². The molecule has 1 aliphatic rings. The molecule has 4 aromatic rings. The Kier molecular flexibility index (Phi) is 6.48. The van der Waals surface area contributed by atoms with E-state index in [1.165, 1.54) is 11.8 Å². The number of amides is 1. The third-order valence-corrected chi connectivity index (χ3v) is 6.38. The normalized spacial score (nSPS) is 16.6. The maximum absolute atomic E-state index is 12.4. The summed E-state index contributed by atoms with van der Waals surface area (Å²) in [5.41, 5.74) is 2.53. The first-order valence-electron chi connectivity index (χ1n) is 11.1. The van der Waals surface area contributed by atoms with Gasteiger partial charge in [0, 0.05) is 35.1 Å². The van der Waals surface area contributed by atoms with Crippen LogP contribution >= 0.6 is 11.8 Å². The van der Waals surface area contributed by atoms with E-state index in [-0.39, 0.29) is 18.6 Å². The van der Waals surface area contributed by atoms with Crippen molar-refractivity contribution < 1.29 is 9.90 Å². The first-order valence-corrected chi connectivity index (χ1v) is 12.0. The molecule has 0 spiro atoms. The highest BCUT2D eigenvalue weighted by Gasteiger charge is 2.19. The summed E-state index contributed by atoms with van der Waals surface area (Å²) in [7, 11) is 0. The third kappa shape index (κ3) is 5.38. The summed E-state index contributed by atoms with van der Waals surface area (Å²) in [5.74, 6) is 1.27. The van der Waals surface area contributed by atoms with E-state index >= 15 is 0 Å². The molecule has 4 N–H and O–H groups in total. The van der Waals surface area contributed by atoms with Crippen LogP contribution in [-0.2, 0) is 4.79 Å². The molecule has 1 aliphatic heterocycles. The van der Waals surface area contributed by atoms with Crippen LogP contribution in [0.15, 0.2) is 58.7 Å². The van der Waals surface area contributed by atoms with Gasteiger partial charge in [0.2, 0.25) is 11.1 Å². The highest BCUT2D eigenvalue weighted by atomic mass is 32.2. The molecule has 1 amide bonds. The van der Waals surface area contributed by atoms with Crippen molar-refractivity contribution in [3.8, 4) is 0 Å². The largest absolute Gasteiger partial charge is 0.392 e. The number of hydrogen-bond acceptors (Lipinski definition) is 8. The second-order valence-electron chi connectivity index (χ2n) is 8.35. The Bertz CT molecular complexity index is 1290. The topological polar surface area (TPSA) is 123 Å². The lowest BCUT2D eigenvalue weighted by Crippen LogP contribution is -2.42. The number of aliphatic hydroxyl groups excluding tert-OH is 1. The zero-order valence-corrected chi connectivity index (χ0v) is 19.5. The molecule has 4 heterocycles. The highest BCUT2D eigenvalue weighted by Crippen LogP contribution is 2.29. The van der Waals surface area contributed by atoms with Crippen molar-refractivity contribution in [1.29, 1.82) is 0 Å². The molecule has 10 nitrogen and oxygen atoms in total. The SMILES string of the molecule is Cc1cc(Nc2nc(Sc3ccc(NC(=O)CN4CCC[C@H](O)C4)cc3)nn3cccc23)n[nH]1. The smallest absolute Gasteiger partial charge is 0.238 e. The van der Waals surface area contributed by atoms with Gasteiger partial charge in [0.25, 0.3) is 0 Å². The molecule has 34 heavy (non-hydrogen) atoms. The Hall–Kier alpha value is -3.41. The molecule has 0 radical (unpaired) electrons. The molecule has 1 fully saturated rings. The Balaban J connectivity index is 1.24. The molecule has 176 valence electrons. The van der Waals surface area contributed by atoms with Gasteiger partial charge in [0.05, 0.1) is 12.6 Å². The fourth-order valence-corrected chi connectivity index (χ4v) is 4.69. The summed E-state index contributed by atoms with van der Waals surface area (Å²) in [4.78, 5) is 20.0. The van der Waals surface area contributed by atoms with Crippen LogP contribution in [0.4, 0.5) is 17.3 Å². The van der Waals surface area contributed by atoms with E-state index < -0.39 is 0 Å². The Labute approximate surface area is 200 Å². The van der Waals surface area contributed by atoms with E-state index in [2.05, 4.69) is 30.9 Å². The van der Waals surface area contributed by atoms with Crippen LogP contribution in [0, 0.1) is 6.92 Å². The molecule has 11 heteroatoms. The number of aromatic nitrogens is 5. The average Bonchev–Trinajstić information content (AvgIpc) is 3.44. The molecule has 0 saturated carbocycles. The number of aryl methyl sites for hydroxylation is 1. The molecule has 0 aliphatic carbocycles. The number of likely N-dealkylation sites (tertiary alicyclic amines) is 1. The van der Waals surface area contributed by atoms with Gasteiger partial charge in [-0.3, -0.25) is 14.8 Å². The van der Waals surface area contributed by atoms with E-state index in [0.717, 1.165) is 41.2 Å². The maximum Gasteiger partial charge on any atom is 0.238 e. The second-order valence-corrected chi connectivity index (χ2v) is 9.39. The lowest BCUT2D eigenvalue weighted by molar-refractivity contribution is -0.118. The van der Waals surface area contributed by atoms with Crippen molar-refractivity contribution in [3.05, 3.63) is 54.4 Å². The van der Waals surface area contributed by atoms with Gasteiger partial charge >= 0.3 is 0 Å². The van der Waals surface area contributed by atoms with Crippen molar-refractivity contribution in [3.63, 3.8) is 0 Å². The number of carbonyl (C=O) groups is 1. The molecule has 1 saturated heterocycles. The average molecular weight is 479 g/mol.